The molecule has 1 aromatic carbocycles. The summed E-state index contributed by atoms with van der Waals surface area (Å²) in [5.74, 6) is 0.493. The van der Waals surface area contributed by atoms with E-state index in [1.54, 1.807) is 12.5 Å². The van der Waals surface area contributed by atoms with Crippen LogP contribution in [-0.2, 0) is 30.8 Å². The first-order valence-corrected chi connectivity index (χ1v) is 19.7. The zero-order valence-electron chi connectivity index (χ0n) is 32.2. The third-order valence-electron chi connectivity index (χ3n) is 13.6. The lowest BCUT2D eigenvalue weighted by atomic mass is 9.43. The number of nitrogens with zero attached hydrogens (tertiary/aromatic N) is 4. The number of imidazole rings is 1. The summed E-state index contributed by atoms with van der Waals surface area (Å²) in [6, 6.07) is 10.4. The fourth-order valence-electron chi connectivity index (χ4n) is 10.3. The molecule has 9 atom stereocenters. The van der Waals surface area contributed by atoms with Gasteiger partial charge < -0.3 is 39.6 Å². The molecule has 3 aliphatic heterocycles. The number of hydrogen-bond donors (Lipinski definition) is 4. The summed E-state index contributed by atoms with van der Waals surface area (Å²) in [6.45, 7) is 9.55. The van der Waals surface area contributed by atoms with Crippen LogP contribution in [0.1, 0.15) is 52.0 Å². The second kappa shape index (κ2) is 14.8. The van der Waals surface area contributed by atoms with E-state index in [4.69, 9.17) is 14.2 Å². The number of benzene rings is 1. The van der Waals surface area contributed by atoms with Crippen molar-refractivity contribution in [2.24, 2.45) is 29.7 Å². The second-order valence-electron chi connectivity index (χ2n) is 16.9. The molecule has 6 unspecified atom stereocenters. The number of carbonyl (C=O) groups excluding carboxylic acids is 2. The summed E-state index contributed by atoms with van der Waals surface area (Å²) in [5, 5.41) is 29.7. The van der Waals surface area contributed by atoms with Gasteiger partial charge in [0.05, 0.1) is 74.1 Å². The Labute approximate surface area is 322 Å². The number of Topliss-reactive ketones (excluding diaryl/α,β-unsaturated/α-hetero) is 1. The molecule has 2 aliphatic carbocycles. The van der Waals surface area contributed by atoms with Crippen molar-refractivity contribution in [3.8, 4) is 0 Å². The normalized spacial score (nSPS) is 34.0. The number of allylic oxidation sites excluding steroid dienone is 1. The molecular formula is C42H54N6O7. The summed E-state index contributed by atoms with van der Waals surface area (Å²) in [4.78, 5) is 38.7. The van der Waals surface area contributed by atoms with Gasteiger partial charge in [0.2, 0.25) is 0 Å². The monoisotopic (exact) mass is 754 g/mol. The number of hydrogen-bond acceptors (Lipinski definition) is 12. The minimum Gasteiger partial charge on any atom is -0.423 e. The molecule has 8 rings (SSSR count). The predicted molar refractivity (Wildman–Crippen MR) is 207 cm³/mol. The van der Waals surface area contributed by atoms with Gasteiger partial charge in [-0.2, -0.15) is 0 Å². The Bertz CT molecular complexity index is 1970. The van der Waals surface area contributed by atoms with Crippen molar-refractivity contribution >= 4 is 34.7 Å². The van der Waals surface area contributed by atoms with E-state index in [0.717, 1.165) is 36.1 Å². The molecule has 0 radical (unpaired) electrons. The second-order valence-corrected chi connectivity index (χ2v) is 16.9. The molecule has 294 valence electrons. The quantitative estimate of drug-likeness (QED) is 0.158. The number of nitrogens with one attached hydrogen (secondary N) is 2. The number of rotatable bonds is 12. The Balaban J connectivity index is 1.14. The zero-order valence-corrected chi connectivity index (χ0v) is 32.2. The number of esters is 1. The van der Waals surface area contributed by atoms with Crippen molar-refractivity contribution in [1.82, 2.24) is 24.8 Å². The highest BCUT2D eigenvalue weighted by Gasteiger charge is 2.71. The molecule has 2 aromatic heterocycles. The third kappa shape index (κ3) is 7.04. The molecule has 0 amide bonds. The van der Waals surface area contributed by atoms with Crippen molar-refractivity contribution in [1.29, 1.82) is 0 Å². The summed E-state index contributed by atoms with van der Waals surface area (Å²) >= 11 is 0. The Hall–Kier alpha value is -3.98. The highest BCUT2D eigenvalue weighted by atomic mass is 16.6. The smallest absolute Gasteiger partial charge is 0.341 e. The number of ether oxygens (including phenoxy) is 3. The number of pyridine rings is 1. The Kier molecular flexibility index (Phi) is 10.2. The maximum atomic E-state index is 13.9. The van der Waals surface area contributed by atoms with Gasteiger partial charge in [-0.05, 0) is 91.8 Å². The topological polar surface area (TPSA) is 164 Å². The van der Waals surface area contributed by atoms with E-state index in [1.165, 1.54) is 0 Å². The number of fused-ring (bicyclic) bond motifs is 2. The number of epoxide rings is 1. The van der Waals surface area contributed by atoms with E-state index in [-0.39, 0.29) is 35.7 Å². The van der Waals surface area contributed by atoms with Crippen molar-refractivity contribution in [3.63, 3.8) is 0 Å². The number of ketones is 1. The number of aryl methyl sites for hydroxylation is 1. The first kappa shape index (κ1) is 37.9. The highest BCUT2D eigenvalue weighted by molar-refractivity contribution is 5.96. The molecule has 1 spiro atoms. The van der Waals surface area contributed by atoms with Crippen molar-refractivity contribution < 1.29 is 34.0 Å². The summed E-state index contributed by atoms with van der Waals surface area (Å²) in [5.41, 5.74) is 1.43. The zero-order chi connectivity index (χ0) is 38.5. The number of anilines is 1. The molecule has 13 nitrogen and oxygen atoms in total. The molecule has 55 heavy (non-hydrogen) atoms. The third-order valence-corrected chi connectivity index (χ3v) is 13.6. The molecule has 4 N–H and O–H groups in total. The summed E-state index contributed by atoms with van der Waals surface area (Å²) in [7, 11) is 1.95. The van der Waals surface area contributed by atoms with Gasteiger partial charge in [-0.15, -0.1) is 0 Å². The number of aliphatic hydroxyl groups is 2. The van der Waals surface area contributed by atoms with Crippen LogP contribution in [-0.4, -0.2) is 117 Å². The van der Waals surface area contributed by atoms with E-state index in [0.29, 0.717) is 62.8 Å². The first-order valence-electron chi connectivity index (χ1n) is 19.7. The van der Waals surface area contributed by atoms with Crippen LogP contribution in [0.25, 0.3) is 17.1 Å². The fraction of sp³-hybridized carbons (Fsp3) is 0.571. The number of morpholine rings is 1. The summed E-state index contributed by atoms with van der Waals surface area (Å²) in [6.07, 6.45) is 8.87. The minimum atomic E-state index is -0.775. The molecular weight excluding hydrogens is 700 g/mol. The Morgan fingerprint density at radius 2 is 1.96 bits per heavy atom. The van der Waals surface area contributed by atoms with Crippen molar-refractivity contribution in [3.05, 3.63) is 71.9 Å². The largest absolute Gasteiger partial charge is 0.423 e. The Morgan fingerprint density at radius 3 is 2.69 bits per heavy atom. The lowest BCUT2D eigenvalue weighted by Gasteiger charge is -2.63. The lowest BCUT2D eigenvalue weighted by Crippen LogP contribution is -2.68. The average molecular weight is 755 g/mol. The van der Waals surface area contributed by atoms with Crippen LogP contribution in [0, 0.1) is 22.7 Å². The number of cyclic esters (lactones) is 1. The van der Waals surface area contributed by atoms with Crippen LogP contribution in [0.2, 0.25) is 0 Å². The van der Waals surface area contributed by atoms with Gasteiger partial charge in [0.1, 0.15) is 17.2 Å². The molecule has 2 saturated carbocycles. The number of aromatic nitrogens is 3. The highest BCUT2D eigenvalue weighted by Crippen LogP contribution is 2.66. The summed E-state index contributed by atoms with van der Waals surface area (Å²) < 4.78 is 20.0. The number of carbonyl (C=O) groups is 2. The van der Waals surface area contributed by atoms with Crippen LogP contribution in [0.15, 0.2) is 66.3 Å². The molecule has 2 saturated heterocycles. The fourth-order valence-corrected chi connectivity index (χ4v) is 10.3. The van der Waals surface area contributed by atoms with Gasteiger partial charge >= 0.3 is 5.97 Å². The van der Waals surface area contributed by atoms with E-state index < -0.39 is 35.2 Å². The van der Waals surface area contributed by atoms with Crippen LogP contribution in [0.4, 0.5) is 5.82 Å². The minimum absolute atomic E-state index is 0.103. The van der Waals surface area contributed by atoms with Gasteiger partial charge in [0, 0.05) is 37.8 Å². The van der Waals surface area contributed by atoms with Crippen LogP contribution in [0.3, 0.4) is 0 Å². The van der Waals surface area contributed by atoms with E-state index >= 15 is 0 Å². The number of aliphatic hydroxyl groups excluding tert-OH is 2. The molecule has 5 aliphatic rings. The molecule has 3 aromatic rings. The molecule has 0 bridgehead atoms. The van der Waals surface area contributed by atoms with Gasteiger partial charge in [0.15, 0.2) is 5.78 Å². The molecule has 13 heteroatoms. The van der Waals surface area contributed by atoms with Gasteiger partial charge in [0.25, 0.3) is 0 Å². The lowest BCUT2D eigenvalue weighted by molar-refractivity contribution is -0.184. The first-order chi connectivity index (χ1) is 26.4. The Morgan fingerprint density at radius 1 is 1.16 bits per heavy atom. The van der Waals surface area contributed by atoms with Crippen LogP contribution in [0.5, 0.6) is 0 Å². The van der Waals surface area contributed by atoms with Gasteiger partial charge in [-0.1, -0.05) is 26.0 Å². The molecule has 5 heterocycles. The maximum Gasteiger partial charge on any atom is 0.341 e. The van der Waals surface area contributed by atoms with Crippen molar-refractivity contribution in [2.45, 2.75) is 76.3 Å². The van der Waals surface area contributed by atoms with Gasteiger partial charge in [-0.25, -0.2) is 14.8 Å². The maximum absolute atomic E-state index is 13.9. The van der Waals surface area contributed by atoms with E-state index in [9.17, 15) is 19.8 Å². The standard InChI is InChI=1S/C42H54N6O7/c1-26(33(50)22-48-13-15-53-16-14-48)45-36-21-34-40(2,11-10-37(51)41(34,3)23-49)35(42(36)24-54-42)20-30(46-38-7-5-6-12-43-38)29-19-28(55-39(29)52)17-27-8-9-32-31(18-27)44-25-47(32)4/h5-9,12,17-19,25-26,30,34-37,45,49,51H,10-11,13-16,20-24H2,1-4H3,(H,43,46)/b28-17+/t26?,30?,34?,35?,36?,37-,40+,41+,42?/m1/s1. The predicted octanol–water partition coefficient (Wildman–Crippen LogP) is 3.48. The van der Waals surface area contributed by atoms with E-state index in [1.807, 2.05) is 74.0 Å². The SMILES string of the molecule is CC(NC1CC2[C@](C)(CC[C@@H](O)[C@@]2(C)CO)C(CC(Nc2ccccn2)C2=C/C(=C\c3ccc4c(c3)ncn4C)OC2=O)C12CO2)C(=O)CN1CCOCC1. The van der Waals surface area contributed by atoms with Gasteiger partial charge in [-0.3, -0.25) is 9.69 Å². The molecule has 4 fully saturated rings. The van der Waals surface area contributed by atoms with E-state index in [2.05, 4.69) is 32.4 Å². The average Bonchev–Trinajstić information content (AvgIpc) is 3.77. The van der Waals surface area contributed by atoms with Crippen molar-refractivity contribution in [2.75, 3.05) is 51.4 Å². The van der Waals surface area contributed by atoms with Crippen LogP contribution < -0.4 is 10.6 Å². The van der Waals surface area contributed by atoms with Crippen LogP contribution >= 0.6 is 0 Å².